The molecular weight excluding hydrogens is 328 g/mol. The Morgan fingerprint density at radius 3 is 2.85 bits per heavy atom. The second-order valence-electron chi connectivity index (χ2n) is 6.73. The van der Waals surface area contributed by atoms with Crippen molar-refractivity contribution in [2.24, 2.45) is 0 Å². The van der Waals surface area contributed by atoms with Gasteiger partial charge in [0.15, 0.2) is 0 Å². The molecule has 1 aliphatic rings. The molecule has 26 heavy (non-hydrogen) atoms. The number of aromatic amines is 1. The summed E-state index contributed by atoms with van der Waals surface area (Å²) in [5.74, 6) is 2.21. The number of rotatable bonds is 3. The molecule has 2 N–H and O–H groups in total. The quantitative estimate of drug-likeness (QED) is 0.747. The highest BCUT2D eigenvalue weighted by atomic mass is 16.1. The van der Waals surface area contributed by atoms with Gasteiger partial charge in [-0.3, -0.25) is 4.79 Å². The Kier molecular flexibility index (Phi) is 4.38. The highest BCUT2D eigenvalue weighted by Crippen LogP contribution is 2.21. The Morgan fingerprint density at radius 2 is 1.96 bits per heavy atom. The van der Waals surface area contributed by atoms with Crippen LogP contribution >= 0.6 is 0 Å². The van der Waals surface area contributed by atoms with Crippen LogP contribution in [0, 0.1) is 6.92 Å². The second-order valence-corrected chi connectivity index (χ2v) is 6.73. The summed E-state index contributed by atoms with van der Waals surface area (Å²) in [6.45, 7) is 4.32. The van der Waals surface area contributed by atoms with E-state index in [-0.39, 0.29) is 5.56 Å². The molecule has 0 atom stereocenters. The number of hydrogen-bond acceptors (Lipinski definition) is 6. The zero-order valence-electron chi connectivity index (χ0n) is 15.0. The van der Waals surface area contributed by atoms with Gasteiger partial charge in [-0.05, 0) is 32.5 Å². The fourth-order valence-electron chi connectivity index (χ4n) is 3.37. The van der Waals surface area contributed by atoms with E-state index < -0.39 is 0 Å². The van der Waals surface area contributed by atoms with Gasteiger partial charge in [0, 0.05) is 25.1 Å². The average molecular weight is 350 g/mol. The van der Waals surface area contributed by atoms with Crippen LogP contribution in [0.4, 0.5) is 5.82 Å². The van der Waals surface area contributed by atoms with E-state index in [1.165, 1.54) is 5.56 Å². The number of likely N-dealkylation sites (N-methyl/N-ethyl adjacent to an activating group) is 1. The van der Waals surface area contributed by atoms with Crippen LogP contribution in [-0.4, -0.2) is 45.0 Å². The van der Waals surface area contributed by atoms with E-state index in [0.29, 0.717) is 23.3 Å². The molecule has 1 aliphatic heterocycles. The first-order chi connectivity index (χ1) is 12.6. The molecule has 0 amide bonds. The SMILES string of the molecule is Cc1nc2c(c(NCc3nc4ccccc4c(=O)[nH]3)n1)CCN(C)CC2. The van der Waals surface area contributed by atoms with Gasteiger partial charge in [0.05, 0.1) is 23.1 Å². The molecule has 7 nitrogen and oxygen atoms in total. The van der Waals surface area contributed by atoms with E-state index in [4.69, 9.17) is 0 Å². The number of aromatic nitrogens is 4. The lowest BCUT2D eigenvalue weighted by molar-refractivity contribution is 0.352. The van der Waals surface area contributed by atoms with Crippen LogP contribution in [0.1, 0.15) is 22.9 Å². The molecule has 0 saturated heterocycles. The van der Waals surface area contributed by atoms with Gasteiger partial charge in [0.2, 0.25) is 0 Å². The molecule has 0 radical (unpaired) electrons. The summed E-state index contributed by atoms with van der Waals surface area (Å²) < 4.78 is 0. The van der Waals surface area contributed by atoms with Crippen LogP contribution in [0.3, 0.4) is 0 Å². The fraction of sp³-hybridized carbons (Fsp3) is 0.368. The van der Waals surface area contributed by atoms with E-state index in [2.05, 4.69) is 37.2 Å². The van der Waals surface area contributed by atoms with E-state index in [1.54, 1.807) is 6.07 Å². The van der Waals surface area contributed by atoms with Crippen LogP contribution in [0.15, 0.2) is 29.1 Å². The highest BCUT2D eigenvalue weighted by molar-refractivity contribution is 5.77. The van der Waals surface area contributed by atoms with Crippen LogP contribution in [0.2, 0.25) is 0 Å². The molecule has 3 aromatic rings. The van der Waals surface area contributed by atoms with Gasteiger partial charge < -0.3 is 15.2 Å². The third-order valence-corrected chi connectivity index (χ3v) is 4.76. The summed E-state index contributed by atoms with van der Waals surface area (Å²) in [5, 5.41) is 3.96. The number of benzene rings is 1. The lowest BCUT2D eigenvalue weighted by Gasteiger charge is -2.14. The van der Waals surface area contributed by atoms with Gasteiger partial charge in [0.1, 0.15) is 17.5 Å². The van der Waals surface area contributed by atoms with E-state index in [9.17, 15) is 4.79 Å². The Labute approximate surface area is 151 Å². The summed E-state index contributed by atoms with van der Waals surface area (Å²) in [6, 6.07) is 7.36. The van der Waals surface area contributed by atoms with Crippen molar-refractivity contribution < 1.29 is 0 Å². The molecule has 2 aromatic heterocycles. The van der Waals surface area contributed by atoms with Crippen LogP contribution in [-0.2, 0) is 19.4 Å². The third kappa shape index (κ3) is 3.30. The first-order valence-electron chi connectivity index (χ1n) is 8.87. The summed E-state index contributed by atoms with van der Waals surface area (Å²) >= 11 is 0. The molecule has 134 valence electrons. The monoisotopic (exact) mass is 350 g/mol. The maximum atomic E-state index is 12.2. The van der Waals surface area contributed by atoms with Gasteiger partial charge in [-0.15, -0.1) is 0 Å². The maximum Gasteiger partial charge on any atom is 0.258 e. The predicted molar refractivity (Wildman–Crippen MR) is 101 cm³/mol. The number of fused-ring (bicyclic) bond motifs is 2. The number of aryl methyl sites for hydroxylation is 1. The summed E-state index contributed by atoms with van der Waals surface area (Å²) in [4.78, 5) is 31.2. The molecule has 0 aliphatic carbocycles. The van der Waals surface area contributed by atoms with Crippen molar-refractivity contribution in [1.29, 1.82) is 0 Å². The number of nitrogens with one attached hydrogen (secondary N) is 2. The molecular formula is C19H22N6O. The Hall–Kier alpha value is -2.80. The van der Waals surface area contributed by atoms with Crippen molar-refractivity contribution in [1.82, 2.24) is 24.8 Å². The van der Waals surface area contributed by atoms with E-state index >= 15 is 0 Å². The number of para-hydroxylation sites is 1. The van der Waals surface area contributed by atoms with Gasteiger partial charge in [-0.25, -0.2) is 15.0 Å². The first-order valence-corrected chi connectivity index (χ1v) is 8.87. The third-order valence-electron chi connectivity index (χ3n) is 4.76. The fourth-order valence-corrected chi connectivity index (χ4v) is 3.37. The molecule has 1 aromatic carbocycles. The van der Waals surface area contributed by atoms with E-state index in [0.717, 1.165) is 43.3 Å². The summed E-state index contributed by atoms with van der Waals surface area (Å²) in [6.07, 6.45) is 1.84. The zero-order valence-corrected chi connectivity index (χ0v) is 15.0. The maximum absolute atomic E-state index is 12.2. The van der Waals surface area contributed by atoms with Gasteiger partial charge in [-0.2, -0.15) is 0 Å². The van der Waals surface area contributed by atoms with Crippen molar-refractivity contribution in [2.45, 2.75) is 26.3 Å². The molecule has 7 heteroatoms. The Bertz CT molecular complexity index is 1010. The molecule has 0 fully saturated rings. The summed E-state index contributed by atoms with van der Waals surface area (Å²) in [5.41, 5.74) is 2.87. The minimum Gasteiger partial charge on any atom is -0.362 e. The van der Waals surface area contributed by atoms with Crippen LogP contribution in [0.5, 0.6) is 0 Å². The van der Waals surface area contributed by atoms with E-state index in [1.807, 2.05) is 25.1 Å². The lowest BCUT2D eigenvalue weighted by Crippen LogP contribution is -2.20. The standard InChI is InChI=1S/C19H22N6O/c1-12-21-16-8-10-25(2)9-7-13(16)18(22-12)20-11-17-23-15-6-4-3-5-14(15)19(26)24-17/h3-6H,7-11H2,1-2H3,(H,20,21,22)(H,23,24,26). The van der Waals surface area contributed by atoms with Crippen molar-refractivity contribution in [3.8, 4) is 0 Å². The molecule has 0 saturated carbocycles. The zero-order chi connectivity index (χ0) is 18.1. The average Bonchev–Trinajstić information content (AvgIpc) is 2.81. The molecule has 4 rings (SSSR count). The van der Waals surface area contributed by atoms with Crippen molar-refractivity contribution >= 4 is 16.7 Å². The second kappa shape index (κ2) is 6.84. The number of nitrogens with zero attached hydrogens (tertiary/aromatic N) is 4. The lowest BCUT2D eigenvalue weighted by atomic mass is 10.1. The Morgan fingerprint density at radius 1 is 1.15 bits per heavy atom. The van der Waals surface area contributed by atoms with Gasteiger partial charge >= 0.3 is 0 Å². The number of H-pyrrole nitrogens is 1. The molecule has 0 bridgehead atoms. The number of hydrogen-bond donors (Lipinski definition) is 2. The first kappa shape index (κ1) is 16.7. The number of anilines is 1. The van der Waals surface area contributed by atoms with Crippen LogP contribution in [0.25, 0.3) is 10.9 Å². The molecule has 0 unspecified atom stereocenters. The van der Waals surface area contributed by atoms with Gasteiger partial charge in [0.25, 0.3) is 5.56 Å². The smallest absolute Gasteiger partial charge is 0.258 e. The van der Waals surface area contributed by atoms with Crippen LogP contribution < -0.4 is 10.9 Å². The van der Waals surface area contributed by atoms with Gasteiger partial charge in [-0.1, -0.05) is 12.1 Å². The predicted octanol–water partition coefficient (Wildman–Crippen LogP) is 1.66. The van der Waals surface area contributed by atoms with Crippen molar-refractivity contribution in [3.63, 3.8) is 0 Å². The van der Waals surface area contributed by atoms with Crippen molar-refractivity contribution in [3.05, 3.63) is 57.5 Å². The summed E-state index contributed by atoms with van der Waals surface area (Å²) in [7, 11) is 2.13. The largest absolute Gasteiger partial charge is 0.362 e. The van der Waals surface area contributed by atoms with Crippen molar-refractivity contribution in [2.75, 3.05) is 25.5 Å². The topological polar surface area (TPSA) is 86.8 Å². The minimum atomic E-state index is -0.119. The Balaban J connectivity index is 1.63. The highest BCUT2D eigenvalue weighted by Gasteiger charge is 2.18. The molecule has 0 spiro atoms. The minimum absolute atomic E-state index is 0.119. The molecule has 3 heterocycles. The normalized spacial score (nSPS) is 14.8.